The summed E-state index contributed by atoms with van der Waals surface area (Å²) >= 11 is 0. The standard InChI is InChI=1S/C23H30N4O/c1-5-18-7-6-17-14-27(23(24)21(17)25-18)9-8-16-12-19(15(2)3)22-20(13-16)26(4)10-11-28-22/h6-7,12-13,15,24H,5,8-11,14H2,1-4H3. The predicted molar refractivity (Wildman–Crippen MR) is 114 cm³/mol. The van der Waals surface area contributed by atoms with Gasteiger partial charge >= 0.3 is 0 Å². The number of benzene rings is 1. The zero-order chi connectivity index (χ0) is 19.8. The van der Waals surface area contributed by atoms with E-state index in [1.807, 2.05) is 0 Å². The molecule has 0 unspecified atom stereocenters. The molecule has 4 rings (SSSR count). The molecule has 0 saturated heterocycles. The van der Waals surface area contributed by atoms with E-state index in [1.54, 1.807) is 0 Å². The average molecular weight is 379 g/mol. The molecule has 0 atom stereocenters. The first-order valence-electron chi connectivity index (χ1n) is 10.3. The van der Waals surface area contributed by atoms with Crippen molar-refractivity contribution in [1.82, 2.24) is 9.88 Å². The lowest BCUT2D eigenvalue weighted by molar-refractivity contribution is 0.306. The zero-order valence-corrected chi connectivity index (χ0v) is 17.4. The number of likely N-dealkylation sites (N-methyl/N-ethyl adjacent to an activating group) is 1. The van der Waals surface area contributed by atoms with E-state index in [-0.39, 0.29) is 0 Å². The molecule has 28 heavy (non-hydrogen) atoms. The maximum Gasteiger partial charge on any atom is 0.147 e. The highest BCUT2D eigenvalue weighted by Crippen LogP contribution is 2.39. The maximum atomic E-state index is 8.55. The molecule has 0 amide bonds. The summed E-state index contributed by atoms with van der Waals surface area (Å²) in [6, 6.07) is 8.78. The molecule has 5 heteroatoms. The van der Waals surface area contributed by atoms with Crippen LogP contribution in [-0.2, 0) is 19.4 Å². The summed E-state index contributed by atoms with van der Waals surface area (Å²) in [5.74, 6) is 2.03. The number of fused-ring (bicyclic) bond motifs is 2. The second-order valence-corrected chi connectivity index (χ2v) is 8.14. The second kappa shape index (κ2) is 7.46. The van der Waals surface area contributed by atoms with Gasteiger partial charge in [-0.1, -0.05) is 32.9 Å². The number of aromatic nitrogens is 1. The monoisotopic (exact) mass is 378 g/mol. The van der Waals surface area contributed by atoms with E-state index in [2.05, 4.69) is 66.9 Å². The van der Waals surface area contributed by atoms with E-state index in [1.165, 1.54) is 22.4 Å². The van der Waals surface area contributed by atoms with Crippen LogP contribution in [0.2, 0.25) is 0 Å². The molecule has 1 aromatic carbocycles. The normalized spacial score (nSPS) is 15.7. The molecule has 1 N–H and O–H groups in total. The van der Waals surface area contributed by atoms with Gasteiger partial charge in [0.15, 0.2) is 0 Å². The molecule has 0 saturated carbocycles. The van der Waals surface area contributed by atoms with Crippen LogP contribution in [0.5, 0.6) is 5.75 Å². The number of pyridine rings is 1. The fourth-order valence-electron chi connectivity index (χ4n) is 4.06. The SMILES string of the molecule is CCc1ccc2c(n1)C(=N)N(CCc1cc(C(C)C)c3c(c1)N(C)CCO3)C2. The third-order valence-electron chi connectivity index (χ3n) is 5.84. The highest BCUT2D eigenvalue weighted by atomic mass is 16.5. The van der Waals surface area contributed by atoms with Gasteiger partial charge in [-0.3, -0.25) is 5.41 Å². The van der Waals surface area contributed by atoms with Gasteiger partial charge in [0.25, 0.3) is 0 Å². The Morgan fingerprint density at radius 1 is 1.25 bits per heavy atom. The van der Waals surface area contributed by atoms with E-state index in [4.69, 9.17) is 10.1 Å². The summed E-state index contributed by atoms with van der Waals surface area (Å²) in [5.41, 5.74) is 6.88. The molecular weight excluding hydrogens is 348 g/mol. The number of rotatable bonds is 5. The molecule has 0 fully saturated rings. The quantitative estimate of drug-likeness (QED) is 0.855. The largest absolute Gasteiger partial charge is 0.489 e. The maximum absolute atomic E-state index is 8.55. The molecule has 2 aliphatic rings. The van der Waals surface area contributed by atoms with Crippen LogP contribution in [0.3, 0.4) is 0 Å². The Morgan fingerprint density at radius 2 is 2.07 bits per heavy atom. The summed E-state index contributed by atoms with van der Waals surface area (Å²) in [5, 5.41) is 8.55. The lowest BCUT2D eigenvalue weighted by Crippen LogP contribution is -2.30. The number of amidine groups is 1. The van der Waals surface area contributed by atoms with Gasteiger partial charge in [-0.05, 0) is 42.0 Å². The van der Waals surface area contributed by atoms with Crippen LogP contribution >= 0.6 is 0 Å². The summed E-state index contributed by atoms with van der Waals surface area (Å²) in [4.78, 5) is 9.11. The molecule has 5 nitrogen and oxygen atoms in total. The first kappa shape index (κ1) is 18.8. The second-order valence-electron chi connectivity index (χ2n) is 8.14. The molecule has 1 aromatic heterocycles. The molecule has 0 spiro atoms. The van der Waals surface area contributed by atoms with Gasteiger partial charge in [0.1, 0.15) is 23.9 Å². The highest BCUT2D eigenvalue weighted by Gasteiger charge is 2.26. The number of anilines is 1. The van der Waals surface area contributed by atoms with Crippen LogP contribution in [0, 0.1) is 5.41 Å². The fourth-order valence-corrected chi connectivity index (χ4v) is 4.06. The summed E-state index contributed by atoms with van der Waals surface area (Å²) < 4.78 is 6.01. The average Bonchev–Trinajstić information content (AvgIpc) is 3.01. The first-order chi connectivity index (χ1) is 13.5. The zero-order valence-electron chi connectivity index (χ0n) is 17.4. The van der Waals surface area contributed by atoms with E-state index >= 15 is 0 Å². The minimum absolute atomic E-state index is 0.422. The lowest BCUT2D eigenvalue weighted by Gasteiger charge is -2.31. The number of nitrogens with zero attached hydrogens (tertiary/aromatic N) is 3. The van der Waals surface area contributed by atoms with Crippen molar-refractivity contribution in [2.24, 2.45) is 0 Å². The molecule has 3 heterocycles. The minimum Gasteiger partial charge on any atom is -0.489 e. The Balaban J connectivity index is 1.53. The summed E-state index contributed by atoms with van der Waals surface area (Å²) in [6.45, 7) is 9.84. The highest BCUT2D eigenvalue weighted by molar-refractivity contribution is 5.98. The van der Waals surface area contributed by atoms with E-state index in [0.717, 1.165) is 56.2 Å². The Labute approximate surface area is 167 Å². The molecular formula is C23H30N4O. The molecule has 0 bridgehead atoms. The Hall–Kier alpha value is -2.56. The fraction of sp³-hybridized carbons (Fsp3) is 0.478. The van der Waals surface area contributed by atoms with Crippen LogP contribution in [0.1, 0.15) is 54.8 Å². The van der Waals surface area contributed by atoms with Gasteiger partial charge < -0.3 is 14.5 Å². The molecule has 148 valence electrons. The van der Waals surface area contributed by atoms with Crippen LogP contribution in [0.15, 0.2) is 24.3 Å². The van der Waals surface area contributed by atoms with Crippen molar-refractivity contribution in [1.29, 1.82) is 5.41 Å². The Kier molecular flexibility index (Phi) is 5.00. The van der Waals surface area contributed by atoms with Crippen molar-refractivity contribution >= 4 is 11.5 Å². The van der Waals surface area contributed by atoms with Crippen molar-refractivity contribution in [3.05, 3.63) is 52.3 Å². The van der Waals surface area contributed by atoms with E-state index in [0.29, 0.717) is 11.8 Å². The van der Waals surface area contributed by atoms with Crippen LogP contribution < -0.4 is 9.64 Å². The summed E-state index contributed by atoms with van der Waals surface area (Å²) in [7, 11) is 2.14. The molecule has 0 radical (unpaired) electrons. The van der Waals surface area contributed by atoms with Crippen LogP contribution in [-0.4, -0.2) is 42.5 Å². The number of ether oxygens (including phenoxy) is 1. The topological polar surface area (TPSA) is 52.5 Å². The van der Waals surface area contributed by atoms with Crippen molar-refractivity contribution in [3.63, 3.8) is 0 Å². The smallest absolute Gasteiger partial charge is 0.147 e. The van der Waals surface area contributed by atoms with Gasteiger partial charge in [-0.2, -0.15) is 0 Å². The predicted octanol–water partition coefficient (Wildman–Crippen LogP) is 3.98. The number of hydrogen-bond acceptors (Lipinski definition) is 4. The van der Waals surface area contributed by atoms with E-state index in [9.17, 15) is 0 Å². The summed E-state index contributed by atoms with van der Waals surface area (Å²) in [6.07, 6.45) is 1.82. The Morgan fingerprint density at radius 3 is 2.82 bits per heavy atom. The molecule has 2 aromatic rings. The lowest BCUT2D eigenvalue weighted by atomic mass is 9.96. The number of aryl methyl sites for hydroxylation is 1. The van der Waals surface area contributed by atoms with Gasteiger partial charge in [0.05, 0.1) is 12.2 Å². The van der Waals surface area contributed by atoms with Crippen molar-refractivity contribution in [3.8, 4) is 5.75 Å². The molecule has 0 aliphatic carbocycles. The molecule has 2 aliphatic heterocycles. The van der Waals surface area contributed by atoms with Crippen LogP contribution in [0.4, 0.5) is 5.69 Å². The van der Waals surface area contributed by atoms with Crippen molar-refractivity contribution < 1.29 is 4.74 Å². The van der Waals surface area contributed by atoms with Crippen molar-refractivity contribution in [2.75, 3.05) is 31.6 Å². The Bertz CT molecular complexity index is 888. The van der Waals surface area contributed by atoms with E-state index < -0.39 is 0 Å². The van der Waals surface area contributed by atoms with Gasteiger partial charge in [-0.15, -0.1) is 0 Å². The third-order valence-corrected chi connectivity index (χ3v) is 5.84. The van der Waals surface area contributed by atoms with Gasteiger partial charge in [0.2, 0.25) is 0 Å². The van der Waals surface area contributed by atoms with Gasteiger partial charge in [0, 0.05) is 31.4 Å². The third kappa shape index (κ3) is 3.34. The van der Waals surface area contributed by atoms with Gasteiger partial charge in [-0.25, -0.2) is 4.98 Å². The van der Waals surface area contributed by atoms with Crippen LogP contribution in [0.25, 0.3) is 0 Å². The minimum atomic E-state index is 0.422. The number of hydrogen-bond donors (Lipinski definition) is 1. The number of nitrogens with one attached hydrogen (secondary N) is 1. The first-order valence-corrected chi connectivity index (χ1v) is 10.3. The van der Waals surface area contributed by atoms with Crippen molar-refractivity contribution in [2.45, 2.75) is 46.1 Å².